The Bertz CT molecular complexity index is 842. The van der Waals surface area contributed by atoms with Crippen LogP contribution in [0, 0.1) is 0 Å². The van der Waals surface area contributed by atoms with Gasteiger partial charge in [0.15, 0.2) is 0 Å². The number of aryl methyl sites for hydroxylation is 3. The Labute approximate surface area is 146 Å². The minimum Gasteiger partial charge on any atom is -0.346 e. The van der Waals surface area contributed by atoms with Gasteiger partial charge in [0, 0.05) is 32.3 Å². The van der Waals surface area contributed by atoms with Gasteiger partial charge in [-0.15, -0.1) is 0 Å². The Morgan fingerprint density at radius 3 is 2.76 bits per heavy atom. The van der Waals surface area contributed by atoms with Gasteiger partial charge in [-0.1, -0.05) is 6.07 Å². The largest absolute Gasteiger partial charge is 0.346 e. The number of hydrogen-bond donors (Lipinski definition) is 1. The van der Waals surface area contributed by atoms with Crippen molar-refractivity contribution >= 4 is 11.8 Å². The topological polar surface area (TPSA) is 67.2 Å². The van der Waals surface area contributed by atoms with Crippen LogP contribution in [0.15, 0.2) is 30.5 Å². The molecule has 4 rings (SSSR count). The van der Waals surface area contributed by atoms with Crippen molar-refractivity contribution in [1.29, 1.82) is 0 Å². The molecule has 1 aliphatic heterocycles. The van der Waals surface area contributed by atoms with Crippen LogP contribution in [0.4, 0.5) is 0 Å². The zero-order valence-electron chi connectivity index (χ0n) is 14.5. The number of hydrogen-bond acceptors (Lipinski definition) is 3. The Kier molecular flexibility index (Phi) is 3.82. The van der Waals surface area contributed by atoms with Crippen LogP contribution in [-0.2, 0) is 24.7 Å². The van der Waals surface area contributed by atoms with E-state index in [-0.39, 0.29) is 23.9 Å². The van der Waals surface area contributed by atoms with Gasteiger partial charge >= 0.3 is 0 Å². The Morgan fingerprint density at radius 1 is 1.20 bits per heavy atom. The standard InChI is InChI=1S/C19H22N4O2/c1-22-17(24)11-15(18(22)16-8-9-20-23(16)2)21-19(25)14-7-6-12-4-3-5-13(12)10-14/h6-10,15,18H,3-5,11H2,1-2H3,(H,21,25)/t15-,18-/m1/s1. The van der Waals surface area contributed by atoms with Crippen molar-refractivity contribution in [2.45, 2.75) is 37.8 Å². The van der Waals surface area contributed by atoms with Gasteiger partial charge in [0.2, 0.25) is 5.91 Å². The maximum atomic E-state index is 12.8. The van der Waals surface area contributed by atoms with Crippen molar-refractivity contribution in [2.75, 3.05) is 7.05 Å². The van der Waals surface area contributed by atoms with E-state index in [1.165, 1.54) is 11.1 Å². The van der Waals surface area contributed by atoms with Gasteiger partial charge < -0.3 is 10.2 Å². The fourth-order valence-corrected chi connectivity index (χ4v) is 4.04. The third-order valence-electron chi connectivity index (χ3n) is 5.43. The van der Waals surface area contributed by atoms with Crippen LogP contribution in [0.3, 0.4) is 0 Å². The van der Waals surface area contributed by atoms with Crippen molar-refractivity contribution in [3.8, 4) is 0 Å². The predicted molar refractivity (Wildman–Crippen MR) is 93.1 cm³/mol. The van der Waals surface area contributed by atoms with Crippen LogP contribution in [0.1, 0.15) is 46.1 Å². The first-order valence-electron chi connectivity index (χ1n) is 8.71. The average Bonchev–Trinajstić information content (AvgIpc) is 3.28. The van der Waals surface area contributed by atoms with Crippen molar-refractivity contribution in [3.63, 3.8) is 0 Å². The summed E-state index contributed by atoms with van der Waals surface area (Å²) < 4.78 is 1.76. The lowest BCUT2D eigenvalue weighted by Gasteiger charge is -2.25. The van der Waals surface area contributed by atoms with E-state index < -0.39 is 0 Å². The first-order valence-corrected chi connectivity index (χ1v) is 8.71. The minimum absolute atomic E-state index is 0.0328. The first-order chi connectivity index (χ1) is 12.0. The van der Waals surface area contributed by atoms with E-state index >= 15 is 0 Å². The minimum atomic E-state index is -0.256. The maximum Gasteiger partial charge on any atom is 0.251 e. The van der Waals surface area contributed by atoms with Crippen molar-refractivity contribution < 1.29 is 9.59 Å². The molecule has 0 bridgehead atoms. The van der Waals surface area contributed by atoms with Crippen molar-refractivity contribution in [3.05, 3.63) is 52.8 Å². The molecular weight excluding hydrogens is 316 g/mol. The Hall–Kier alpha value is -2.63. The predicted octanol–water partition coefficient (Wildman–Crippen LogP) is 1.61. The number of likely N-dealkylation sites (tertiary alicyclic amines) is 1. The summed E-state index contributed by atoms with van der Waals surface area (Å²) in [6.07, 6.45) is 5.32. The molecule has 6 heteroatoms. The second-order valence-electron chi connectivity index (χ2n) is 6.95. The molecule has 2 amide bonds. The van der Waals surface area contributed by atoms with Crippen LogP contribution < -0.4 is 5.32 Å². The van der Waals surface area contributed by atoms with Gasteiger partial charge in [-0.2, -0.15) is 5.10 Å². The highest BCUT2D eigenvalue weighted by molar-refractivity contribution is 5.95. The van der Waals surface area contributed by atoms with Gasteiger partial charge in [-0.05, 0) is 48.6 Å². The summed E-state index contributed by atoms with van der Waals surface area (Å²) in [7, 11) is 3.63. The van der Waals surface area contributed by atoms with E-state index in [4.69, 9.17) is 0 Å². The molecule has 1 saturated heterocycles. The average molecular weight is 338 g/mol. The monoisotopic (exact) mass is 338 g/mol. The highest BCUT2D eigenvalue weighted by atomic mass is 16.2. The molecule has 2 aromatic rings. The van der Waals surface area contributed by atoms with Crippen LogP contribution in [0.2, 0.25) is 0 Å². The second kappa shape index (κ2) is 6.02. The molecule has 2 heterocycles. The Morgan fingerprint density at radius 2 is 2.00 bits per heavy atom. The fraction of sp³-hybridized carbons (Fsp3) is 0.421. The lowest BCUT2D eigenvalue weighted by Crippen LogP contribution is -2.39. The number of fused-ring (bicyclic) bond motifs is 1. The van der Waals surface area contributed by atoms with Crippen LogP contribution >= 0.6 is 0 Å². The zero-order valence-corrected chi connectivity index (χ0v) is 14.5. The highest BCUT2D eigenvalue weighted by Crippen LogP contribution is 2.32. The molecule has 2 atom stereocenters. The summed E-state index contributed by atoms with van der Waals surface area (Å²) in [6.45, 7) is 0. The molecule has 0 saturated carbocycles. The summed E-state index contributed by atoms with van der Waals surface area (Å²) in [4.78, 5) is 26.7. The van der Waals surface area contributed by atoms with E-state index in [1.807, 2.05) is 25.2 Å². The van der Waals surface area contributed by atoms with Gasteiger partial charge in [-0.25, -0.2) is 0 Å². The fourth-order valence-electron chi connectivity index (χ4n) is 4.04. The van der Waals surface area contributed by atoms with Crippen LogP contribution in [0.25, 0.3) is 0 Å². The molecule has 6 nitrogen and oxygen atoms in total. The number of carbonyl (C=O) groups is 2. The molecule has 25 heavy (non-hydrogen) atoms. The van der Waals surface area contributed by atoms with Crippen molar-refractivity contribution in [1.82, 2.24) is 20.0 Å². The zero-order chi connectivity index (χ0) is 17.6. The van der Waals surface area contributed by atoms with E-state index in [9.17, 15) is 9.59 Å². The number of carbonyl (C=O) groups excluding carboxylic acids is 2. The summed E-state index contributed by atoms with van der Waals surface area (Å²) >= 11 is 0. The third kappa shape index (κ3) is 2.71. The number of likely N-dealkylation sites (N-methyl/N-ethyl adjacent to an activating group) is 1. The molecule has 0 unspecified atom stereocenters. The maximum absolute atomic E-state index is 12.8. The molecule has 1 aliphatic carbocycles. The van der Waals surface area contributed by atoms with Gasteiger partial charge in [0.05, 0.1) is 17.8 Å². The number of benzene rings is 1. The summed E-state index contributed by atoms with van der Waals surface area (Å²) in [5.74, 6) is -0.0829. The molecular formula is C19H22N4O2. The highest BCUT2D eigenvalue weighted by Gasteiger charge is 2.40. The summed E-state index contributed by atoms with van der Waals surface area (Å²) in [5, 5.41) is 7.27. The smallest absolute Gasteiger partial charge is 0.251 e. The number of nitrogens with one attached hydrogen (secondary N) is 1. The molecule has 1 aromatic carbocycles. The van der Waals surface area contributed by atoms with Crippen molar-refractivity contribution in [2.24, 2.45) is 7.05 Å². The molecule has 1 N–H and O–H groups in total. The molecule has 130 valence electrons. The number of aromatic nitrogens is 2. The number of amides is 2. The first kappa shape index (κ1) is 15.9. The quantitative estimate of drug-likeness (QED) is 0.924. The molecule has 1 aromatic heterocycles. The lowest BCUT2D eigenvalue weighted by molar-refractivity contribution is -0.127. The summed E-state index contributed by atoms with van der Waals surface area (Å²) in [5.41, 5.74) is 4.22. The summed E-state index contributed by atoms with van der Waals surface area (Å²) in [6, 6.07) is 7.39. The van der Waals surface area contributed by atoms with E-state index in [0.717, 1.165) is 25.0 Å². The number of nitrogens with zero attached hydrogens (tertiary/aromatic N) is 3. The Balaban J connectivity index is 1.57. The van der Waals surface area contributed by atoms with E-state index in [2.05, 4.69) is 16.5 Å². The second-order valence-corrected chi connectivity index (χ2v) is 6.95. The van der Waals surface area contributed by atoms with Gasteiger partial charge in [0.1, 0.15) is 0 Å². The number of rotatable bonds is 3. The normalized spacial score (nSPS) is 22.3. The van der Waals surface area contributed by atoms with Gasteiger partial charge in [0.25, 0.3) is 5.91 Å². The third-order valence-corrected chi connectivity index (χ3v) is 5.43. The van der Waals surface area contributed by atoms with Crippen LogP contribution in [0.5, 0.6) is 0 Å². The van der Waals surface area contributed by atoms with Gasteiger partial charge in [-0.3, -0.25) is 14.3 Å². The van der Waals surface area contributed by atoms with Crippen LogP contribution in [-0.4, -0.2) is 39.6 Å². The molecule has 0 spiro atoms. The van der Waals surface area contributed by atoms with E-state index in [0.29, 0.717) is 12.0 Å². The van der Waals surface area contributed by atoms with E-state index in [1.54, 1.807) is 22.8 Å². The molecule has 2 aliphatic rings. The molecule has 1 fully saturated rings. The SMILES string of the molecule is CN1C(=O)C[C@@H](NC(=O)c2ccc3c(c2)CCC3)[C@@H]1c1ccnn1C. The lowest BCUT2D eigenvalue weighted by atomic mass is 10.0. The molecule has 0 radical (unpaired) electrons.